The number of carbonyl (C=O) groups is 2. The summed E-state index contributed by atoms with van der Waals surface area (Å²) >= 11 is 0. The molecule has 0 radical (unpaired) electrons. The van der Waals surface area contributed by atoms with Crippen LogP contribution in [0.5, 0.6) is 11.5 Å². The van der Waals surface area contributed by atoms with Crippen LogP contribution in [0, 0.1) is 11.3 Å². The van der Waals surface area contributed by atoms with Crippen molar-refractivity contribution in [3.8, 4) is 11.5 Å². The van der Waals surface area contributed by atoms with Gasteiger partial charge >= 0.3 is 5.97 Å². The monoisotopic (exact) mass is 455 g/mol. The molecule has 7 nitrogen and oxygen atoms in total. The van der Waals surface area contributed by atoms with Crippen molar-refractivity contribution < 1.29 is 28.5 Å². The predicted molar refractivity (Wildman–Crippen MR) is 124 cm³/mol. The molecule has 3 aliphatic rings. The van der Waals surface area contributed by atoms with Crippen molar-refractivity contribution in [3.05, 3.63) is 35.0 Å². The smallest absolute Gasteiger partial charge is 0.336 e. The number of carbonyl (C=O) groups excluding carboxylic acids is 2. The van der Waals surface area contributed by atoms with Crippen molar-refractivity contribution in [2.24, 2.45) is 16.3 Å². The van der Waals surface area contributed by atoms with Crippen LogP contribution in [0.2, 0.25) is 0 Å². The van der Waals surface area contributed by atoms with E-state index in [0.29, 0.717) is 42.2 Å². The molecule has 7 heteroatoms. The van der Waals surface area contributed by atoms with Crippen LogP contribution in [-0.4, -0.2) is 51.0 Å². The molecule has 178 valence electrons. The van der Waals surface area contributed by atoms with Crippen LogP contribution >= 0.6 is 0 Å². The summed E-state index contributed by atoms with van der Waals surface area (Å²) in [6.07, 6.45) is 2.90. The fourth-order valence-electron chi connectivity index (χ4n) is 5.29. The maximum Gasteiger partial charge on any atom is 0.336 e. The van der Waals surface area contributed by atoms with Gasteiger partial charge in [-0.25, -0.2) is 4.79 Å². The van der Waals surface area contributed by atoms with Gasteiger partial charge in [-0.3, -0.25) is 9.79 Å². The fourth-order valence-corrected chi connectivity index (χ4v) is 5.29. The molecular weight excluding hydrogens is 422 g/mol. The Hall–Kier alpha value is -2.67. The van der Waals surface area contributed by atoms with Gasteiger partial charge in [0.1, 0.15) is 23.9 Å². The quantitative estimate of drug-likeness (QED) is 0.597. The molecule has 4 rings (SSSR count). The van der Waals surface area contributed by atoms with E-state index in [-0.39, 0.29) is 23.9 Å². The molecule has 0 N–H and O–H groups in total. The fraction of sp³-hybridized carbons (Fsp3) is 0.577. The van der Waals surface area contributed by atoms with E-state index < -0.39 is 17.8 Å². The van der Waals surface area contributed by atoms with Gasteiger partial charge in [0.25, 0.3) is 0 Å². The third-order valence-corrected chi connectivity index (χ3v) is 6.78. The van der Waals surface area contributed by atoms with E-state index in [1.165, 1.54) is 0 Å². The maximum absolute atomic E-state index is 13.5. The summed E-state index contributed by atoms with van der Waals surface area (Å²) in [5.41, 5.74) is 2.42. The summed E-state index contributed by atoms with van der Waals surface area (Å²) in [7, 11) is 3.17. The Balaban J connectivity index is 1.78. The van der Waals surface area contributed by atoms with Crippen LogP contribution in [0.3, 0.4) is 0 Å². The Labute approximate surface area is 195 Å². The second-order valence-corrected chi connectivity index (χ2v) is 9.88. The first-order chi connectivity index (χ1) is 15.7. The Kier molecular flexibility index (Phi) is 6.61. The summed E-state index contributed by atoms with van der Waals surface area (Å²) in [6, 6.07) is 5.48. The van der Waals surface area contributed by atoms with Crippen LogP contribution < -0.4 is 9.47 Å². The van der Waals surface area contributed by atoms with Crippen molar-refractivity contribution in [3.63, 3.8) is 0 Å². The highest BCUT2D eigenvalue weighted by Crippen LogP contribution is 2.49. The highest BCUT2D eigenvalue weighted by atomic mass is 16.6. The van der Waals surface area contributed by atoms with Crippen molar-refractivity contribution in [1.29, 1.82) is 0 Å². The van der Waals surface area contributed by atoms with E-state index in [9.17, 15) is 9.59 Å². The molecule has 2 aliphatic heterocycles. The number of hydrogen-bond acceptors (Lipinski definition) is 7. The number of rotatable bonds is 6. The SMILES string of the molecule is COc1ccc([C@@H]2C(C(=O)OC[C@@H]3CCCO3)=C(C)N=C3CC(C)(C)CC(=O)[C@@H]32)c(OC)c1. The van der Waals surface area contributed by atoms with Gasteiger partial charge in [0, 0.05) is 42.0 Å². The number of allylic oxidation sites excluding steroid dienone is 1. The van der Waals surface area contributed by atoms with Crippen LogP contribution in [0.1, 0.15) is 57.9 Å². The lowest BCUT2D eigenvalue weighted by molar-refractivity contribution is -0.142. The van der Waals surface area contributed by atoms with Gasteiger partial charge in [0.05, 0.1) is 31.8 Å². The summed E-state index contributed by atoms with van der Waals surface area (Å²) in [5.74, 6) is -0.209. The molecule has 0 bridgehead atoms. The number of aliphatic imine (C=N–C) groups is 1. The highest BCUT2D eigenvalue weighted by Gasteiger charge is 2.48. The van der Waals surface area contributed by atoms with Gasteiger partial charge in [-0.2, -0.15) is 0 Å². The predicted octanol–water partition coefficient (Wildman–Crippen LogP) is 4.24. The number of ether oxygens (including phenoxy) is 4. The Morgan fingerprint density at radius 2 is 1.97 bits per heavy atom. The van der Waals surface area contributed by atoms with Crippen molar-refractivity contribution >= 4 is 17.5 Å². The lowest BCUT2D eigenvalue weighted by atomic mass is 9.63. The molecule has 33 heavy (non-hydrogen) atoms. The Morgan fingerprint density at radius 3 is 2.64 bits per heavy atom. The largest absolute Gasteiger partial charge is 0.497 e. The van der Waals surface area contributed by atoms with E-state index in [2.05, 4.69) is 13.8 Å². The number of ketones is 1. The first-order valence-corrected chi connectivity index (χ1v) is 11.6. The van der Waals surface area contributed by atoms with Crippen molar-refractivity contribution in [2.75, 3.05) is 27.4 Å². The third-order valence-electron chi connectivity index (χ3n) is 6.78. The normalized spacial score (nSPS) is 26.5. The van der Waals surface area contributed by atoms with Gasteiger partial charge < -0.3 is 18.9 Å². The second kappa shape index (κ2) is 9.29. The average molecular weight is 456 g/mol. The van der Waals surface area contributed by atoms with E-state index in [1.807, 2.05) is 19.1 Å². The number of fused-ring (bicyclic) bond motifs is 1. The Bertz CT molecular complexity index is 1000. The van der Waals surface area contributed by atoms with Crippen LogP contribution in [0.4, 0.5) is 0 Å². The maximum atomic E-state index is 13.5. The Morgan fingerprint density at radius 1 is 1.18 bits per heavy atom. The van der Waals surface area contributed by atoms with E-state index in [1.54, 1.807) is 20.3 Å². The van der Waals surface area contributed by atoms with E-state index in [0.717, 1.165) is 24.1 Å². The van der Waals surface area contributed by atoms with Crippen LogP contribution in [0.15, 0.2) is 34.5 Å². The molecule has 0 amide bonds. The zero-order valence-electron chi connectivity index (χ0n) is 20.1. The van der Waals surface area contributed by atoms with Gasteiger partial charge in [0.2, 0.25) is 0 Å². The lowest BCUT2D eigenvalue weighted by Gasteiger charge is -2.41. The van der Waals surface area contributed by atoms with Crippen molar-refractivity contribution in [1.82, 2.24) is 0 Å². The molecule has 1 aromatic carbocycles. The van der Waals surface area contributed by atoms with Gasteiger partial charge in [0.15, 0.2) is 0 Å². The number of benzene rings is 1. The minimum absolute atomic E-state index is 0.0800. The third kappa shape index (κ3) is 4.69. The van der Waals surface area contributed by atoms with E-state index in [4.69, 9.17) is 23.9 Å². The molecule has 1 aromatic rings. The minimum atomic E-state index is -0.529. The molecule has 2 heterocycles. The van der Waals surface area contributed by atoms with Gasteiger partial charge in [-0.15, -0.1) is 0 Å². The summed E-state index contributed by atoms with van der Waals surface area (Å²) < 4.78 is 22.3. The van der Waals surface area contributed by atoms with Crippen LogP contribution in [-0.2, 0) is 19.1 Å². The van der Waals surface area contributed by atoms with Crippen molar-refractivity contribution in [2.45, 2.75) is 58.5 Å². The number of Topliss-reactive ketones (excluding diaryl/α,β-unsaturated/α-hetero) is 1. The molecule has 2 fully saturated rings. The summed E-state index contributed by atoms with van der Waals surface area (Å²) in [5, 5.41) is 0. The lowest BCUT2D eigenvalue weighted by Crippen LogP contribution is -2.44. The first-order valence-electron chi connectivity index (χ1n) is 11.6. The number of hydrogen-bond donors (Lipinski definition) is 0. The summed E-state index contributed by atoms with van der Waals surface area (Å²) in [4.78, 5) is 31.6. The second-order valence-electron chi connectivity index (χ2n) is 9.88. The number of nitrogens with zero attached hydrogens (tertiary/aromatic N) is 1. The molecule has 0 aromatic heterocycles. The molecule has 1 saturated carbocycles. The van der Waals surface area contributed by atoms with E-state index >= 15 is 0 Å². The zero-order valence-corrected chi connectivity index (χ0v) is 20.1. The standard InChI is InChI=1S/C26H33NO6/c1-15-22(25(29)33-14-17-7-6-10-32-17)23(18-9-8-16(30-4)11-21(18)31-5)24-19(27-15)12-26(2,3)13-20(24)28/h8-9,11,17,23-24H,6-7,10,12-14H2,1-5H3/t17-,23+,24+/m0/s1. The molecule has 1 aliphatic carbocycles. The molecule has 3 atom stereocenters. The minimum Gasteiger partial charge on any atom is -0.497 e. The van der Waals surface area contributed by atoms with Gasteiger partial charge in [-0.05, 0) is 37.7 Å². The average Bonchev–Trinajstić information content (AvgIpc) is 3.29. The number of esters is 1. The zero-order chi connectivity index (χ0) is 23.8. The molecule has 0 unspecified atom stereocenters. The number of methoxy groups -OCH3 is 2. The molecule has 1 saturated heterocycles. The topological polar surface area (TPSA) is 83.4 Å². The van der Waals surface area contributed by atoms with Crippen LogP contribution in [0.25, 0.3) is 0 Å². The molecular formula is C26H33NO6. The molecule has 0 spiro atoms. The van der Waals surface area contributed by atoms with Gasteiger partial charge in [-0.1, -0.05) is 19.9 Å². The first kappa shape index (κ1) is 23.5. The summed E-state index contributed by atoms with van der Waals surface area (Å²) in [6.45, 7) is 6.87. The highest BCUT2D eigenvalue weighted by molar-refractivity contribution is 6.12.